The van der Waals surface area contributed by atoms with Gasteiger partial charge < -0.3 is 16.4 Å². The smallest absolute Gasteiger partial charge is 0.248 e. The van der Waals surface area contributed by atoms with E-state index in [9.17, 15) is 9.59 Å². The summed E-state index contributed by atoms with van der Waals surface area (Å²) in [6.45, 7) is 0.888. The van der Waals surface area contributed by atoms with Crippen molar-refractivity contribution in [1.29, 1.82) is 0 Å². The molecular weight excluding hydrogens is 266 g/mol. The summed E-state index contributed by atoms with van der Waals surface area (Å²) in [4.78, 5) is 22.8. The predicted octanol–water partition coefficient (Wildman–Crippen LogP) is 1.29. The van der Waals surface area contributed by atoms with E-state index in [2.05, 4.69) is 10.6 Å². The van der Waals surface area contributed by atoms with Gasteiger partial charge in [-0.1, -0.05) is 6.42 Å². The van der Waals surface area contributed by atoms with Crippen LogP contribution >= 0.6 is 12.4 Å². The fourth-order valence-electron chi connectivity index (χ4n) is 2.02. The molecule has 1 aromatic carbocycles. The first kappa shape index (κ1) is 15.5. The minimum atomic E-state index is -0.471. The molecule has 5 nitrogen and oxygen atoms in total. The number of carbonyl (C=O) groups is 2. The van der Waals surface area contributed by atoms with Crippen LogP contribution in [-0.2, 0) is 4.79 Å². The molecular formula is C13H18ClN3O2. The van der Waals surface area contributed by atoms with Crippen LogP contribution < -0.4 is 16.4 Å². The summed E-state index contributed by atoms with van der Waals surface area (Å²) in [5, 5.41) is 6.01. The molecule has 1 atom stereocenters. The largest absolute Gasteiger partial charge is 0.366 e. The molecule has 1 heterocycles. The molecule has 0 spiro atoms. The van der Waals surface area contributed by atoms with Gasteiger partial charge in [-0.15, -0.1) is 12.4 Å². The van der Waals surface area contributed by atoms with Gasteiger partial charge in [-0.2, -0.15) is 0 Å². The molecule has 0 aromatic heterocycles. The minimum absolute atomic E-state index is 0. The SMILES string of the molecule is Cl.NC(=O)c1ccc(NC(=O)[C@@H]2CCCCN2)cc1. The van der Waals surface area contributed by atoms with Crippen molar-refractivity contribution >= 4 is 29.9 Å². The third kappa shape index (κ3) is 4.22. The Balaban J connectivity index is 0.00000180. The Hall–Kier alpha value is -1.59. The van der Waals surface area contributed by atoms with Crippen LogP contribution in [0, 0.1) is 0 Å². The van der Waals surface area contributed by atoms with Gasteiger partial charge in [-0.05, 0) is 43.7 Å². The van der Waals surface area contributed by atoms with Gasteiger partial charge in [0.1, 0.15) is 0 Å². The lowest BCUT2D eigenvalue weighted by Gasteiger charge is -2.22. The Morgan fingerprint density at radius 3 is 2.42 bits per heavy atom. The Kier molecular flexibility index (Phi) is 5.79. The first-order chi connectivity index (χ1) is 8.66. The lowest BCUT2D eigenvalue weighted by atomic mass is 10.0. The molecule has 104 valence electrons. The number of nitrogens with two attached hydrogens (primary N) is 1. The molecule has 4 N–H and O–H groups in total. The zero-order valence-electron chi connectivity index (χ0n) is 10.5. The van der Waals surface area contributed by atoms with Gasteiger partial charge in [0.25, 0.3) is 0 Å². The standard InChI is InChI=1S/C13H17N3O2.ClH/c14-12(17)9-4-6-10(7-5-9)16-13(18)11-3-1-2-8-15-11;/h4-7,11,15H,1-3,8H2,(H2,14,17)(H,16,18);1H/t11-;/m0./s1. The van der Waals surface area contributed by atoms with Crippen LogP contribution in [0.3, 0.4) is 0 Å². The van der Waals surface area contributed by atoms with Crippen molar-refractivity contribution in [3.8, 4) is 0 Å². The predicted molar refractivity (Wildman–Crippen MR) is 76.5 cm³/mol. The molecule has 6 heteroatoms. The molecule has 0 saturated carbocycles. The molecule has 1 aromatic rings. The first-order valence-electron chi connectivity index (χ1n) is 6.11. The van der Waals surface area contributed by atoms with E-state index in [-0.39, 0.29) is 24.4 Å². The molecule has 2 amide bonds. The Bertz CT molecular complexity index is 442. The van der Waals surface area contributed by atoms with Gasteiger partial charge in [-0.3, -0.25) is 9.59 Å². The number of primary amides is 1. The average molecular weight is 284 g/mol. The van der Waals surface area contributed by atoms with Gasteiger partial charge in [0.15, 0.2) is 0 Å². The van der Waals surface area contributed by atoms with Crippen molar-refractivity contribution < 1.29 is 9.59 Å². The van der Waals surface area contributed by atoms with Crippen LogP contribution in [0.5, 0.6) is 0 Å². The van der Waals surface area contributed by atoms with E-state index in [4.69, 9.17) is 5.73 Å². The van der Waals surface area contributed by atoms with Gasteiger partial charge in [-0.25, -0.2) is 0 Å². The number of benzene rings is 1. The molecule has 0 bridgehead atoms. The molecule has 1 aliphatic heterocycles. The number of amides is 2. The number of halogens is 1. The molecule has 0 aliphatic carbocycles. The maximum absolute atomic E-state index is 11.9. The number of carbonyl (C=O) groups excluding carboxylic acids is 2. The second-order valence-electron chi connectivity index (χ2n) is 4.43. The topological polar surface area (TPSA) is 84.2 Å². The van der Waals surface area contributed by atoms with Crippen molar-refractivity contribution in [3.05, 3.63) is 29.8 Å². The summed E-state index contributed by atoms with van der Waals surface area (Å²) >= 11 is 0. The van der Waals surface area contributed by atoms with Crippen molar-refractivity contribution in [2.75, 3.05) is 11.9 Å². The summed E-state index contributed by atoms with van der Waals surface area (Å²) < 4.78 is 0. The molecule has 19 heavy (non-hydrogen) atoms. The Morgan fingerprint density at radius 1 is 1.21 bits per heavy atom. The van der Waals surface area contributed by atoms with Crippen LogP contribution in [0.4, 0.5) is 5.69 Å². The van der Waals surface area contributed by atoms with Crippen molar-refractivity contribution in [2.24, 2.45) is 5.73 Å². The lowest BCUT2D eigenvalue weighted by Crippen LogP contribution is -2.43. The molecule has 1 saturated heterocycles. The van der Waals surface area contributed by atoms with Crippen molar-refractivity contribution in [1.82, 2.24) is 5.32 Å². The second-order valence-corrected chi connectivity index (χ2v) is 4.43. The summed E-state index contributed by atoms with van der Waals surface area (Å²) in [7, 11) is 0. The number of piperidine rings is 1. The Morgan fingerprint density at radius 2 is 1.89 bits per heavy atom. The summed E-state index contributed by atoms with van der Waals surface area (Å²) in [6.07, 6.45) is 3.06. The zero-order valence-corrected chi connectivity index (χ0v) is 11.3. The van der Waals surface area contributed by atoms with E-state index in [1.54, 1.807) is 24.3 Å². The number of hydrogen-bond acceptors (Lipinski definition) is 3. The normalized spacial score (nSPS) is 18.2. The highest BCUT2D eigenvalue weighted by molar-refractivity contribution is 5.96. The van der Waals surface area contributed by atoms with Crippen LogP contribution in [-0.4, -0.2) is 24.4 Å². The molecule has 2 rings (SSSR count). The van der Waals surface area contributed by atoms with Crippen LogP contribution in [0.15, 0.2) is 24.3 Å². The van der Waals surface area contributed by atoms with Crippen LogP contribution in [0.2, 0.25) is 0 Å². The lowest BCUT2D eigenvalue weighted by molar-refractivity contribution is -0.118. The highest BCUT2D eigenvalue weighted by atomic mass is 35.5. The fourth-order valence-corrected chi connectivity index (χ4v) is 2.02. The van der Waals surface area contributed by atoms with E-state index in [1.165, 1.54) is 0 Å². The maximum Gasteiger partial charge on any atom is 0.248 e. The fraction of sp³-hybridized carbons (Fsp3) is 0.385. The van der Waals surface area contributed by atoms with E-state index < -0.39 is 5.91 Å². The van der Waals surface area contributed by atoms with E-state index in [0.29, 0.717) is 11.3 Å². The van der Waals surface area contributed by atoms with Crippen molar-refractivity contribution in [2.45, 2.75) is 25.3 Å². The first-order valence-corrected chi connectivity index (χ1v) is 6.11. The summed E-state index contributed by atoms with van der Waals surface area (Å²) in [5.74, 6) is -0.497. The minimum Gasteiger partial charge on any atom is -0.366 e. The van der Waals surface area contributed by atoms with Gasteiger partial charge in [0, 0.05) is 11.3 Å². The highest BCUT2D eigenvalue weighted by Gasteiger charge is 2.20. The van der Waals surface area contributed by atoms with E-state index in [0.717, 1.165) is 25.8 Å². The monoisotopic (exact) mass is 283 g/mol. The van der Waals surface area contributed by atoms with Crippen molar-refractivity contribution in [3.63, 3.8) is 0 Å². The van der Waals surface area contributed by atoms with Gasteiger partial charge in [0.2, 0.25) is 11.8 Å². The molecule has 0 radical (unpaired) electrons. The number of anilines is 1. The van der Waals surface area contributed by atoms with Crippen LogP contribution in [0.25, 0.3) is 0 Å². The second kappa shape index (κ2) is 7.11. The zero-order chi connectivity index (χ0) is 13.0. The quantitative estimate of drug-likeness (QED) is 0.781. The number of rotatable bonds is 3. The third-order valence-electron chi connectivity index (χ3n) is 3.06. The van der Waals surface area contributed by atoms with Crippen LogP contribution in [0.1, 0.15) is 29.6 Å². The highest BCUT2D eigenvalue weighted by Crippen LogP contribution is 2.12. The Labute approximate surface area is 118 Å². The third-order valence-corrected chi connectivity index (χ3v) is 3.06. The number of nitrogens with one attached hydrogen (secondary N) is 2. The average Bonchev–Trinajstić information content (AvgIpc) is 2.40. The van der Waals surface area contributed by atoms with E-state index >= 15 is 0 Å². The van der Waals surface area contributed by atoms with Gasteiger partial charge in [0.05, 0.1) is 6.04 Å². The number of hydrogen-bond donors (Lipinski definition) is 3. The molecule has 0 unspecified atom stereocenters. The van der Waals surface area contributed by atoms with E-state index in [1.807, 2.05) is 0 Å². The maximum atomic E-state index is 11.9. The van der Waals surface area contributed by atoms with Gasteiger partial charge >= 0.3 is 0 Å². The molecule has 1 aliphatic rings. The summed E-state index contributed by atoms with van der Waals surface area (Å²) in [5.41, 5.74) is 6.26. The summed E-state index contributed by atoms with van der Waals surface area (Å²) in [6, 6.07) is 6.45. The molecule has 1 fully saturated rings.